The molecule has 2 aromatic rings. The third-order valence-electron chi connectivity index (χ3n) is 3.70. The average molecular weight is 241 g/mol. The van der Waals surface area contributed by atoms with Crippen molar-refractivity contribution in [2.24, 2.45) is 0 Å². The number of hydrogen-bond donors (Lipinski definition) is 1. The normalized spacial score (nSPS) is 14.3. The summed E-state index contributed by atoms with van der Waals surface area (Å²) in [5.74, 6) is -0.131. The van der Waals surface area contributed by atoms with Crippen molar-refractivity contribution in [1.82, 2.24) is 5.32 Å². The standard InChI is InChI=1S/C16H16FN/c1-11-13(5-3-7-16(11)17)14-6-2-4-12-8-9-18-10-15(12)14/h2-7,18H,8-10H2,1H3. The molecule has 0 unspecified atom stereocenters. The van der Waals surface area contributed by atoms with Crippen LogP contribution in [0.2, 0.25) is 0 Å². The molecule has 0 amide bonds. The largest absolute Gasteiger partial charge is 0.312 e. The molecule has 0 saturated heterocycles. The molecule has 92 valence electrons. The minimum Gasteiger partial charge on any atom is -0.312 e. The smallest absolute Gasteiger partial charge is 0.126 e. The highest BCUT2D eigenvalue weighted by molar-refractivity contribution is 5.72. The molecule has 1 aliphatic heterocycles. The van der Waals surface area contributed by atoms with Gasteiger partial charge in [0.2, 0.25) is 0 Å². The summed E-state index contributed by atoms with van der Waals surface area (Å²) in [6.07, 6.45) is 1.05. The van der Waals surface area contributed by atoms with E-state index in [2.05, 4.69) is 23.5 Å². The topological polar surface area (TPSA) is 12.0 Å². The van der Waals surface area contributed by atoms with Crippen LogP contribution in [0.1, 0.15) is 16.7 Å². The number of nitrogens with one attached hydrogen (secondary N) is 1. The fourth-order valence-electron chi connectivity index (χ4n) is 2.67. The summed E-state index contributed by atoms with van der Waals surface area (Å²) >= 11 is 0. The third kappa shape index (κ3) is 1.83. The molecule has 0 aliphatic carbocycles. The molecule has 18 heavy (non-hydrogen) atoms. The van der Waals surface area contributed by atoms with Crippen molar-refractivity contribution in [3.05, 3.63) is 58.9 Å². The van der Waals surface area contributed by atoms with Gasteiger partial charge in [0.05, 0.1) is 0 Å². The van der Waals surface area contributed by atoms with Crippen LogP contribution in [0.25, 0.3) is 11.1 Å². The van der Waals surface area contributed by atoms with Gasteiger partial charge in [-0.05, 0) is 53.8 Å². The highest BCUT2D eigenvalue weighted by Gasteiger charge is 2.15. The minimum absolute atomic E-state index is 0.131. The van der Waals surface area contributed by atoms with Crippen molar-refractivity contribution in [2.45, 2.75) is 19.9 Å². The number of fused-ring (bicyclic) bond motifs is 1. The molecule has 0 radical (unpaired) electrons. The Balaban J connectivity index is 2.20. The molecular formula is C16H16FN. The molecular weight excluding hydrogens is 225 g/mol. The Bertz CT molecular complexity index is 590. The first kappa shape index (κ1) is 11.4. The molecule has 3 rings (SSSR count). The van der Waals surface area contributed by atoms with Gasteiger partial charge in [-0.25, -0.2) is 4.39 Å². The molecule has 1 heterocycles. The molecule has 0 fully saturated rings. The summed E-state index contributed by atoms with van der Waals surface area (Å²) in [6.45, 7) is 3.75. The molecule has 0 saturated carbocycles. The van der Waals surface area contributed by atoms with Crippen LogP contribution in [0, 0.1) is 12.7 Å². The van der Waals surface area contributed by atoms with Crippen LogP contribution in [0.4, 0.5) is 4.39 Å². The van der Waals surface area contributed by atoms with Gasteiger partial charge in [0.25, 0.3) is 0 Å². The Morgan fingerprint density at radius 3 is 2.72 bits per heavy atom. The highest BCUT2D eigenvalue weighted by atomic mass is 19.1. The lowest BCUT2D eigenvalue weighted by atomic mass is 9.90. The van der Waals surface area contributed by atoms with Gasteiger partial charge < -0.3 is 5.32 Å². The van der Waals surface area contributed by atoms with Gasteiger partial charge in [-0.15, -0.1) is 0 Å². The van der Waals surface area contributed by atoms with Gasteiger partial charge in [-0.1, -0.05) is 30.3 Å². The first-order valence-corrected chi connectivity index (χ1v) is 6.34. The number of hydrogen-bond acceptors (Lipinski definition) is 1. The highest BCUT2D eigenvalue weighted by Crippen LogP contribution is 2.31. The van der Waals surface area contributed by atoms with E-state index in [4.69, 9.17) is 0 Å². The fraction of sp³-hybridized carbons (Fsp3) is 0.250. The van der Waals surface area contributed by atoms with Gasteiger partial charge in [0, 0.05) is 6.54 Å². The van der Waals surface area contributed by atoms with E-state index in [1.54, 1.807) is 6.07 Å². The lowest BCUT2D eigenvalue weighted by molar-refractivity contribution is 0.618. The Labute approximate surface area is 107 Å². The predicted octanol–water partition coefficient (Wildman–Crippen LogP) is 3.45. The number of benzene rings is 2. The molecule has 2 aromatic carbocycles. The van der Waals surface area contributed by atoms with E-state index in [-0.39, 0.29) is 5.82 Å². The molecule has 0 spiro atoms. The van der Waals surface area contributed by atoms with Crippen molar-refractivity contribution < 1.29 is 4.39 Å². The maximum Gasteiger partial charge on any atom is 0.126 e. The predicted molar refractivity (Wildman–Crippen MR) is 72.0 cm³/mol. The van der Waals surface area contributed by atoms with Crippen LogP contribution < -0.4 is 5.32 Å². The number of rotatable bonds is 1. The van der Waals surface area contributed by atoms with Gasteiger partial charge in [0.1, 0.15) is 5.82 Å². The Morgan fingerprint density at radius 1 is 1.06 bits per heavy atom. The third-order valence-corrected chi connectivity index (χ3v) is 3.70. The second-order valence-electron chi connectivity index (χ2n) is 4.78. The summed E-state index contributed by atoms with van der Waals surface area (Å²) < 4.78 is 13.7. The zero-order valence-electron chi connectivity index (χ0n) is 10.5. The lowest BCUT2D eigenvalue weighted by Crippen LogP contribution is -2.24. The van der Waals surface area contributed by atoms with Crippen LogP contribution >= 0.6 is 0 Å². The van der Waals surface area contributed by atoms with E-state index >= 15 is 0 Å². The zero-order chi connectivity index (χ0) is 12.5. The summed E-state index contributed by atoms with van der Waals surface area (Å²) in [4.78, 5) is 0. The van der Waals surface area contributed by atoms with Crippen molar-refractivity contribution >= 4 is 0 Å². The van der Waals surface area contributed by atoms with Crippen LogP contribution in [-0.2, 0) is 13.0 Å². The Morgan fingerprint density at radius 2 is 1.83 bits per heavy atom. The van der Waals surface area contributed by atoms with E-state index in [1.165, 1.54) is 17.2 Å². The van der Waals surface area contributed by atoms with Gasteiger partial charge >= 0.3 is 0 Å². The van der Waals surface area contributed by atoms with Crippen LogP contribution in [0.5, 0.6) is 0 Å². The van der Waals surface area contributed by atoms with Gasteiger partial charge in [0.15, 0.2) is 0 Å². The first-order valence-electron chi connectivity index (χ1n) is 6.34. The molecule has 0 atom stereocenters. The molecule has 1 nitrogen and oxygen atoms in total. The summed E-state index contributed by atoms with van der Waals surface area (Å²) in [5.41, 5.74) is 5.61. The summed E-state index contributed by atoms with van der Waals surface area (Å²) in [7, 11) is 0. The van der Waals surface area contributed by atoms with Crippen LogP contribution in [-0.4, -0.2) is 6.54 Å². The molecule has 0 bridgehead atoms. The van der Waals surface area contributed by atoms with Crippen molar-refractivity contribution in [2.75, 3.05) is 6.54 Å². The van der Waals surface area contributed by atoms with Crippen molar-refractivity contribution in [1.29, 1.82) is 0 Å². The Kier molecular flexibility index (Phi) is 2.88. The van der Waals surface area contributed by atoms with E-state index < -0.39 is 0 Å². The zero-order valence-corrected chi connectivity index (χ0v) is 10.5. The maximum absolute atomic E-state index is 13.7. The monoisotopic (exact) mass is 241 g/mol. The molecule has 0 aromatic heterocycles. The van der Waals surface area contributed by atoms with Gasteiger partial charge in [-0.3, -0.25) is 0 Å². The van der Waals surface area contributed by atoms with E-state index in [0.717, 1.165) is 36.2 Å². The second kappa shape index (κ2) is 4.54. The van der Waals surface area contributed by atoms with E-state index in [1.807, 2.05) is 13.0 Å². The quantitative estimate of drug-likeness (QED) is 0.806. The van der Waals surface area contributed by atoms with Gasteiger partial charge in [-0.2, -0.15) is 0 Å². The van der Waals surface area contributed by atoms with E-state index in [0.29, 0.717) is 0 Å². The molecule has 2 heteroatoms. The number of halogens is 1. The first-order chi connectivity index (χ1) is 8.77. The van der Waals surface area contributed by atoms with Crippen molar-refractivity contribution in [3.8, 4) is 11.1 Å². The fourth-order valence-corrected chi connectivity index (χ4v) is 2.67. The SMILES string of the molecule is Cc1c(F)cccc1-c1cccc2c1CNCC2. The summed E-state index contributed by atoms with van der Waals surface area (Å²) in [5, 5.41) is 3.39. The van der Waals surface area contributed by atoms with E-state index in [9.17, 15) is 4.39 Å². The minimum atomic E-state index is -0.131. The molecule has 1 aliphatic rings. The maximum atomic E-state index is 13.7. The van der Waals surface area contributed by atoms with Crippen LogP contribution in [0.15, 0.2) is 36.4 Å². The van der Waals surface area contributed by atoms with Crippen molar-refractivity contribution in [3.63, 3.8) is 0 Å². The lowest BCUT2D eigenvalue weighted by Gasteiger charge is -2.21. The Hall–Kier alpha value is -1.67. The second-order valence-corrected chi connectivity index (χ2v) is 4.78. The molecule has 1 N–H and O–H groups in total. The average Bonchev–Trinajstić information content (AvgIpc) is 2.41. The summed E-state index contributed by atoms with van der Waals surface area (Å²) in [6, 6.07) is 11.6. The van der Waals surface area contributed by atoms with Crippen LogP contribution in [0.3, 0.4) is 0 Å².